The quantitative estimate of drug-likeness (QED) is 0.237. The van der Waals surface area contributed by atoms with Gasteiger partial charge >= 0.3 is 10.1 Å². The summed E-state index contributed by atoms with van der Waals surface area (Å²) in [6.07, 6.45) is 1.21. The van der Waals surface area contributed by atoms with Crippen LogP contribution < -0.4 is 19.6 Å². The number of anilines is 2. The summed E-state index contributed by atoms with van der Waals surface area (Å²) in [5.41, 5.74) is 0.622. The Morgan fingerprint density at radius 2 is 1.62 bits per heavy atom. The summed E-state index contributed by atoms with van der Waals surface area (Å²) in [4.78, 5) is 23.4. The highest BCUT2D eigenvalue weighted by atomic mass is 35.5. The molecule has 12 heteroatoms. The molecular formula is C25H19ClFN3O6S. The number of carbonyl (C=O) groups is 2. The third kappa shape index (κ3) is 7.07. The van der Waals surface area contributed by atoms with Crippen molar-refractivity contribution in [3.8, 4) is 17.6 Å². The van der Waals surface area contributed by atoms with Crippen LogP contribution in [0.15, 0.2) is 71.1 Å². The van der Waals surface area contributed by atoms with Crippen molar-refractivity contribution in [1.82, 2.24) is 0 Å². The molecule has 2 amide bonds. The largest absolute Gasteiger partial charge is 0.493 e. The number of rotatable bonds is 8. The summed E-state index contributed by atoms with van der Waals surface area (Å²) >= 11 is 6.27. The minimum Gasteiger partial charge on any atom is -0.493 e. The number of nitriles is 1. The van der Waals surface area contributed by atoms with Crippen LogP contribution in [0.4, 0.5) is 15.8 Å². The number of amides is 2. The Labute approximate surface area is 217 Å². The van der Waals surface area contributed by atoms with E-state index < -0.39 is 21.8 Å². The average molecular weight is 544 g/mol. The normalized spacial score (nSPS) is 11.3. The third-order valence-electron chi connectivity index (χ3n) is 4.69. The fourth-order valence-corrected chi connectivity index (χ4v) is 4.28. The highest BCUT2D eigenvalue weighted by Gasteiger charge is 2.22. The van der Waals surface area contributed by atoms with Crippen molar-refractivity contribution in [1.29, 1.82) is 5.26 Å². The number of hydrogen-bond acceptors (Lipinski definition) is 7. The van der Waals surface area contributed by atoms with Gasteiger partial charge in [0.1, 0.15) is 22.4 Å². The zero-order valence-electron chi connectivity index (χ0n) is 19.4. The molecule has 0 aromatic heterocycles. The molecule has 0 atom stereocenters. The van der Waals surface area contributed by atoms with Crippen LogP contribution in [-0.4, -0.2) is 27.3 Å². The first kappa shape index (κ1) is 27.2. The Morgan fingerprint density at radius 3 is 2.19 bits per heavy atom. The molecular weight excluding hydrogens is 525 g/mol. The summed E-state index contributed by atoms with van der Waals surface area (Å²) in [5.74, 6) is -1.93. The van der Waals surface area contributed by atoms with Gasteiger partial charge in [0.05, 0.1) is 12.1 Å². The van der Waals surface area contributed by atoms with Gasteiger partial charge in [0.15, 0.2) is 5.75 Å². The minimum atomic E-state index is -4.34. The van der Waals surface area contributed by atoms with Crippen molar-refractivity contribution in [2.45, 2.75) is 11.8 Å². The zero-order chi connectivity index (χ0) is 27.2. The molecule has 0 fully saturated rings. The zero-order valence-corrected chi connectivity index (χ0v) is 21.0. The summed E-state index contributed by atoms with van der Waals surface area (Å²) < 4.78 is 49.1. The Kier molecular flexibility index (Phi) is 8.49. The first-order chi connectivity index (χ1) is 17.5. The lowest BCUT2D eigenvalue weighted by Gasteiger charge is -2.14. The number of benzene rings is 3. The van der Waals surface area contributed by atoms with E-state index in [2.05, 4.69) is 10.6 Å². The Balaban J connectivity index is 1.87. The number of nitrogens with one attached hydrogen (secondary N) is 2. The standard InChI is InChI=1S/C25H19ClFN3O6S/c1-15(31)29-19-7-9-21(10-8-19)37(33,34)36-24-22(26)12-16(13-23(24)35-2)11-17(14-28)25(32)30-20-5-3-18(27)4-6-20/h3-13H,1-2H3,(H,29,31)(H,30,32)/b17-11+. The van der Waals surface area contributed by atoms with Gasteiger partial charge in [0, 0.05) is 18.3 Å². The monoisotopic (exact) mass is 543 g/mol. The number of hydrogen-bond donors (Lipinski definition) is 2. The molecule has 0 radical (unpaired) electrons. The van der Waals surface area contributed by atoms with Crippen molar-refractivity contribution < 1.29 is 31.3 Å². The van der Waals surface area contributed by atoms with Crippen molar-refractivity contribution in [2.75, 3.05) is 17.7 Å². The average Bonchev–Trinajstić information content (AvgIpc) is 2.85. The van der Waals surface area contributed by atoms with Crippen LogP contribution in [0.3, 0.4) is 0 Å². The molecule has 3 rings (SSSR count). The molecule has 2 N–H and O–H groups in total. The van der Waals surface area contributed by atoms with E-state index in [0.29, 0.717) is 5.69 Å². The van der Waals surface area contributed by atoms with Gasteiger partial charge in [0.2, 0.25) is 11.7 Å². The van der Waals surface area contributed by atoms with Gasteiger partial charge in [-0.15, -0.1) is 0 Å². The van der Waals surface area contributed by atoms with Crippen molar-refractivity contribution in [3.05, 3.63) is 82.6 Å². The van der Waals surface area contributed by atoms with Crippen LogP contribution in [-0.2, 0) is 19.7 Å². The topological polar surface area (TPSA) is 135 Å². The fourth-order valence-electron chi connectivity index (χ4n) is 3.02. The Morgan fingerprint density at radius 1 is 1.03 bits per heavy atom. The number of carbonyl (C=O) groups excluding carboxylic acids is 2. The first-order valence-corrected chi connectivity index (χ1v) is 12.2. The Hall–Kier alpha value is -4.40. The Bertz CT molecular complexity index is 1520. The number of methoxy groups -OCH3 is 1. The van der Waals surface area contributed by atoms with Gasteiger partial charge in [0.25, 0.3) is 5.91 Å². The van der Waals surface area contributed by atoms with Gasteiger partial charge in [-0.25, -0.2) is 4.39 Å². The molecule has 0 aliphatic carbocycles. The second kappa shape index (κ2) is 11.6. The van der Waals surface area contributed by atoms with Gasteiger partial charge in [-0.1, -0.05) is 11.6 Å². The van der Waals surface area contributed by atoms with E-state index in [1.807, 2.05) is 0 Å². The molecule has 3 aromatic rings. The van der Waals surface area contributed by atoms with Crippen molar-refractivity contribution in [2.24, 2.45) is 0 Å². The third-order valence-corrected chi connectivity index (χ3v) is 6.20. The van der Waals surface area contributed by atoms with Crippen LogP contribution in [0.25, 0.3) is 6.08 Å². The molecule has 3 aromatic carbocycles. The molecule has 0 heterocycles. The van der Waals surface area contributed by atoms with E-state index >= 15 is 0 Å². The molecule has 0 saturated carbocycles. The lowest BCUT2D eigenvalue weighted by Crippen LogP contribution is -2.13. The van der Waals surface area contributed by atoms with E-state index in [4.69, 9.17) is 20.5 Å². The van der Waals surface area contributed by atoms with E-state index in [-0.39, 0.29) is 44.1 Å². The molecule has 190 valence electrons. The molecule has 0 unspecified atom stereocenters. The molecule has 0 spiro atoms. The second-order valence-corrected chi connectivity index (χ2v) is 9.36. The minimum absolute atomic E-state index is 0.0755. The number of nitrogens with zero attached hydrogens (tertiary/aromatic N) is 1. The number of ether oxygens (including phenoxy) is 1. The summed E-state index contributed by atoms with van der Waals surface area (Å²) in [7, 11) is -3.08. The fraction of sp³-hybridized carbons (Fsp3) is 0.0800. The predicted molar refractivity (Wildman–Crippen MR) is 135 cm³/mol. The van der Waals surface area contributed by atoms with Crippen molar-refractivity contribution >= 4 is 51.0 Å². The van der Waals surface area contributed by atoms with E-state index in [1.165, 1.54) is 68.6 Å². The highest BCUT2D eigenvalue weighted by molar-refractivity contribution is 7.87. The van der Waals surface area contributed by atoms with E-state index in [1.54, 1.807) is 6.07 Å². The van der Waals surface area contributed by atoms with Crippen LogP contribution >= 0.6 is 11.6 Å². The van der Waals surface area contributed by atoms with Crippen LogP contribution in [0.5, 0.6) is 11.5 Å². The van der Waals surface area contributed by atoms with Gasteiger partial charge in [-0.2, -0.15) is 13.7 Å². The summed E-state index contributed by atoms with van der Waals surface area (Å²) in [6, 6.07) is 14.6. The van der Waals surface area contributed by atoms with Crippen LogP contribution in [0, 0.1) is 17.1 Å². The smallest absolute Gasteiger partial charge is 0.339 e. The molecule has 9 nitrogen and oxygen atoms in total. The molecule has 0 saturated heterocycles. The molecule has 0 aliphatic rings. The van der Waals surface area contributed by atoms with Crippen LogP contribution in [0.1, 0.15) is 12.5 Å². The highest BCUT2D eigenvalue weighted by Crippen LogP contribution is 2.39. The predicted octanol–water partition coefficient (Wildman–Crippen LogP) is 4.76. The maximum Gasteiger partial charge on any atom is 0.339 e. The van der Waals surface area contributed by atoms with Gasteiger partial charge < -0.3 is 19.6 Å². The molecule has 0 aliphatic heterocycles. The van der Waals surface area contributed by atoms with E-state index in [9.17, 15) is 27.7 Å². The maximum absolute atomic E-state index is 13.1. The molecule has 0 bridgehead atoms. The lowest BCUT2D eigenvalue weighted by molar-refractivity contribution is -0.114. The summed E-state index contributed by atoms with van der Waals surface area (Å²) in [5, 5.41) is 14.3. The lowest BCUT2D eigenvalue weighted by atomic mass is 10.1. The van der Waals surface area contributed by atoms with E-state index in [0.717, 1.165) is 12.1 Å². The second-order valence-electron chi connectivity index (χ2n) is 7.41. The molecule has 37 heavy (non-hydrogen) atoms. The summed E-state index contributed by atoms with van der Waals surface area (Å²) in [6.45, 7) is 1.32. The number of halogens is 2. The SMILES string of the molecule is COc1cc(/C=C(\C#N)C(=O)Nc2ccc(F)cc2)cc(Cl)c1OS(=O)(=O)c1ccc(NC(C)=O)cc1. The maximum atomic E-state index is 13.1. The van der Waals surface area contributed by atoms with Gasteiger partial charge in [-0.05, 0) is 72.3 Å². The van der Waals surface area contributed by atoms with Crippen molar-refractivity contribution in [3.63, 3.8) is 0 Å². The van der Waals surface area contributed by atoms with Crippen LogP contribution in [0.2, 0.25) is 5.02 Å². The first-order valence-electron chi connectivity index (χ1n) is 10.4. The van der Waals surface area contributed by atoms with Gasteiger partial charge in [-0.3, -0.25) is 9.59 Å².